The fourth-order valence-corrected chi connectivity index (χ4v) is 6.89. The van der Waals surface area contributed by atoms with E-state index in [1.807, 2.05) is 60.9 Å². The number of piperidine rings is 2. The Morgan fingerprint density at radius 2 is 1.77 bits per heavy atom. The number of nitrogens with one attached hydrogen (secondary N) is 1. The van der Waals surface area contributed by atoms with Crippen molar-refractivity contribution in [2.24, 2.45) is 5.92 Å². The zero-order valence-electron chi connectivity index (χ0n) is 27.2. The lowest BCUT2D eigenvalue weighted by Crippen LogP contribution is -2.42. The lowest BCUT2D eigenvalue weighted by molar-refractivity contribution is -0.114. The van der Waals surface area contributed by atoms with E-state index in [0.717, 1.165) is 68.6 Å². The number of carbonyl (C=O) groups is 3. The van der Waals surface area contributed by atoms with Crippen LogP contribution in [-0.2, 0) is 20.9 Å². The van der Waals surface area contributed by atoms with Gasteiger partial charge in [0.1, 0.15) is 18.6 Å². The van der Waals surface area contributed by atoms with Gasteiger partial charge < -0.3 is 29.5 Å². The van der Waals surface area contributed by atoms with Gasteiger partial charge in [-0.15, -0.1) is 0 Å². The molecule has 0 spiro atoms. The average molecular weight is 671 g/mol. The Morgan fingerprint density at radius 3 is 2.54 bits per heavy atom. The molecule has 9 nitrogen and oxygen atoms in total. The number of ether oxygens (including phenoxy) is 2. The van der Waals surface area contributed by atoms with Crippen LogP contribution < -0.4 is 5.32 Å². The number of allylic oxidation sites excluding steroid dienone is 4. The van der Waals surface area contributed by atoms with Gasteiger partial charge >= 0.3 is 6.09 Å². The predicted octanol–water partition coefficient (Wildman–Crippen LogP) is 6.40. The van der Waals surface area contributed by atoms with Crippen LogP contribution in [-0.4, -0.2) is 78.3 Å². The number of rotatable bonds is 10. The fraction of sp³-hybridized carbons (Fsp3) is 0.395. The van der Waals surface area contributed by atoms with E-state index in [1.54, 1.807) is 29.4 Å². The van der Waals surface area contributed by atoms with Gasteiger partial charge in [-0.1, -0.05) is 60.2 Å². The van der Waals surface area contributed by atoms with Gasteiger partial charge in [-0.05, 0) is 79.9 Å². The molecule has 2 fully saturated rings. The SMILES string of the molecule is O=C1C=CC=C(C2=CN(CCN3CCC(c4ccc(Cl)cc4C(=O)NCC4CCN(C(=O)OCc5ccccc5)CC4)CC3)C=CO2)C1. The van der Waals surface area contributed by atoms with Gasteiger partial charge in [0.25, 0.3) is 5.91 Å². The molecule has 0 radical (unpaired) electrons. The van der Waals surface area contributed by atoms with E-state index >= 15 is 0 Å². The molecule has 1 N–H and O–H groups in total. The highest BCUT2D eigenvalue weighted by atomic mass is 35.5. The summed E-state index contributed by atoms with van der Waals surface area (Å²) in [5.74, 6) is 1.28. The molecule has 10 heteroatoms. The topological polar surface area (TPSA) is 91.4 Å². The molecule has 3 heterocycles. The number of amides is 2. The Bertz CT molecular complexity index is 1590. The van der Waals surface area contributed by atoms with Crippen molar-refractivity contribution in [1.82, 2.24) is 20.0 Å². The van der Waals surface area contributed by atoms with Crippen LogP contribution in [0.2, 0.25) is 5.02 Å². The third-order valence-electron chi connectivity index (χ3n) is 9.58. The minimum absolute atomic E-state index is 0.0819. The van der Waals surface area contributed by atoms with Crippen LogP contribution in [0.5, 0.6) is 0 Å². The molecule has 0 aromatic heterocycles. The van der Waals surface area contributed by atoms with Crippen LogP contribution in [0.15, 0.2) is 96.8 Å². The third-order valence-corrected chi connectivity index (χ3v) is 9.82. The van der Waals surface area contributed by atoms with Crippen LogP contribution in [0.4, 0.5) is 4.79 Å². The largest absolute Gasteiger partial charge is 0.462 e. The number of hydrogen-bond donors (Lipinski definition) is 1. The molecule has 0 saturated carbocycles. The summed E-state index contributed by atoms with van der Waals surface area (Å²) in [6, 6.07) is 15.4. The number of ketones is 1. The molecular weight excluding hydrogens is 628 g/mol. The van der Waals surface area contributed by atoms with Crippen molar-refractivity contribution >= 4 is 29.4 Å². The highest BCUT2D eigenvalue weighted by Crippen LogP contribution is 2.32. The Labute approximate surface area is 287 Å². The van der Waals surface area contributed by atoms with Crippen molar-refractivity contribution in [3.63, 3.8) is 0 Å². The summed E-state index contributed by atoms with van der Waals surface area (Å²) in [6.07, 6.45) is 14.5. The van der Waals surface area contributed by atoms with Gasteiger partial charge in [-0.25, -0.2) is 4.79 Å². The number of carbonyl (C=O) groups excluding carboxylic acids is 3. The number of hydrogen-bond acceptors (Lipinski definition) is 7. The Balaban J connectivity index is 0.947. The maximum atomic E-state index is 13.5. The first-order valence-electron chi connectivity index (χ1n) is 16.9. The number of benzene rings is 2. The van der Waals surface area contributed by atoms with Crippen LogP contribution in [0.3, 0.4) is 0 Å². The summed E-state index contributed by atoms with van der Waals surface area (Å²) >= 11 is 6.38. The monoisotopic (exact) mass is 670 g/mol. The molecule has 3 aliphatic heterocycles. The van der Waals surface area contributed by atoms with E-state index in [9.17, 15) is 14.4 Å². The summed E-state index contributed by atoms with van der Waals surface area (Å²) in [4.78, 5) is 44.2. The van der Waals surface area contributed by atoms with Crippen LogP contribution in [0.25, 0.3) is 0 Å². The predicted molar refractivity (Wildman–Crippen MR) is 185 cm³/mol. The van der Waals surface area contributed by atoms with Crippen molar-refractivity contribution < 1.29 is 23.9 Å². The van der Waals surface area contributed by atoms with E-state index in [4.69, 9.17) is 21.1 Å². The molecular formula is C38H43ClN4O5. The van der Waals surface area contributed by atoms with Gasteiger partial charge in [0.05, 0.1) is 0 Å². The van der Waals surface area contributed by atoms with Crippen molar-refractivity contribution in [2.75, 3.05) is 45.8 Å². The minimum atomic E-state index is -0.288. The quantitative estimate of drug-likeness (QED) is 0.313. The molecule has 2 aromatic rings. The Morgan fingerprint density at radius 1 is 0.979 bits per heavy atom. The average Bonchev–Trinajstić information content (AvgIpc) is 3.13. The van der Waals surface area contributed by atoms with Crippen molar-refractivity contribution in [3.8, 4) is 0 Å². The second kappa shape index (κ2) is 16.2. The zero-order chi connectivity index (χ0) is 33.3. The summed E-state index contributed by atoms with van der Waals surface area (Å²) < 4.78 is 11.2. The van der Waals surface area contributed by atoms with Crippen molar-refractivity contribution in [1.29, 1.82) is 0 Å². The van der Waals surface area contributed by atoms with Crippen molar-refractivity contribution in [3.05, 3.63) is 118 Å². The van der Waals surface area contributed by atoms with Gasteiger partial charge in [0.2, 0.25) is 0 Å². The summed E-state index contributed by atoms with van der Waals surface area (Å²) in [5.41, 5.74) is 3.57. The minimum Gasteiger partial charge on any atom is -0.462 e. The zero-order valence-corrected chi connectivity index (χ0v) is 27.9. The highest BCUT2D eigenvalue weighted by Gasteiger charge is 2.27. The Kier molecular flexibility index (Phi) is 11.3. The first-order chi connectivity index (χ1) is 23.4. The molecule has 0 unspecified atom stereocenters. The molecule has 2 aromatic carbocycles. The molecule has 2 saturated heterocycles. The second-order valence-electron chi connectivity index (χ2n) is 12.9. The van der Waals surface area contributed by atoms with E-state index in [2.05, 4.69) is 15.1 Å². The molecule has 0 bridgehead atoms. The second-order valence-corrected chi connectivity index (χ2v) is 13.3. The molecule has 2 amide bonds. The molecule has 1 aliphatic carbocycles. The third kappa shape index (κ3) is 8.96. The first-order valence-corrected chi connectivity index (χ1v) is 17.3. The van der Waals surface area contributed by atoms with E-state index < -0.39 is 0 Å². The van der Waals surface area contributed by atoms with Gasteiger partial charge in [-0.3, -0.25) is 9.59 Å². The standard InChI is InChI=1S/C38H43ClN4O5/c39-32-9-10-34(30-13-15-41(16-14-30)19-20-42-21-22-47-36(26-42)31-7-4-8-33(44)23-31)35(24-32)37(45)40-25-28-11-17-43(18-12-28)38(46)48-27-29-5-2-1-3-6-29/h1-10,21-22,24,26,28,30H,11-20,23,25,27H2,(H,40,45). The maximum absolute atomic E-state index is 13.5. The Hall–Kier alpha value is -4.34. The molecule has 0 atom stereocenters. The van der Waals surface area contributed by atoms with Crippen molar-refractivity contribution in [2.45, 2.75) is 44.6 Å². The fourth-order valence-electron chi connectivity index (χ4n) is 6.72. The summed E-state index contributed by atoms with van der Waals surface area (Å²) in [7, 11) is 0. The summed E-state index contributed by atoms with van der Waals surface area (Å²) in [5, 5.41) is 3.72. The number of nitrogens with zero attached hydrogens (tertiary/aromatic N) is 3. The van der Waals surface area contributed by atoms with Gasteiger partial charge in [0, 0.05) is 67.7 Å². The molecule has 4 aliphatic rings. The van der Waals surface area contributed by atoms with E-state index in [1.165, 1.54) is 0 Å². The lowest BCUT2D eigenvalue weighted by Gasteiger charge is -2.34. The van der Waals surface area contributed by atoms with Gasteiger partial charge in [-0.2, -0.15) is 0 Å². The smallest absolute Gasteiger partial charge is 0.410 e. The molecule has 6 rings (SSSR count). The van der Waals surface area contributed by atoms with Gasteiger partial charge in [0.15, 0.2) is 5.78 Å². The molecule has 48 heavy (non-hydrogen) atoms. The number of likely N-dealkylation sites (tertiary alicyclic amines) is 2. The lowest BCUT2D eigenvalue weighted by atomic mass is 9.86. The van der Waals surface area contributed by atoms with Crippen LogP contribution >= 0.6 is 11.6 Å². The normalized spacial score (nSPS) is 19.1. The van der Waals surface area contributed by atoms with E-state index in [-0.39, 0.29) is 30.3 Å². The van der Waals surface area contributed by atoms with E-state index in [0.29, 0.717) is 48.3 Å². The summed E-state index contributed by atoms with van der Waals surface area (Å²) in [6.45, 7) is 5.65. The van der Waals surface area contributed by atoms with Crippen LogP contribution in [0, 0.1) is 5.92 Å². The first kappa shape index (κ1) is 33.6. The van der Waals surface area contributed by atoms with Crippen LogP contribution in [0.1, 0.15) is 59.5 Å². The highest BCUT2D eigenvalue weighted by molar-refractivity contribution is 6.31. The maximum Gasteiger partial charge on any atom is 0.410 e. The number of halogens is 1. The molecule has 252 valence electrons.